The normalized spacial score (nSPS) is 18.5. The summed E-state index contributed by atoms with van der Waals surface area (Å²) in [6.45, 7) is 5.68. The number of carboxylic acid groups (broad SMARTS) is 1. The zero-order valence-corrected chi connectivity index (χ0v) is 32.1. The molecule has 15 heteroatoms. The van der Waals surface area contributed by atoms with E-state index in [9.17, 15) is 29.1 Å². The van der Waals surface area contributed by atoms with Gasteiger partial charge in [-0.05, 0) is 75.0 Å². The van der Waals surface area contributed by atoms with Gasteiger partial charge in [-0.15, -0.1) is 0 Å². The fourth-order valence-corrected chi connectivity index (χ4v) is 7.44. The quantitative estimate of drug-likeness (QED) is 0.0606. The monoisotopic (exact) mass is 761 g/mol. The van der Waals surface area contributed by atoms with E-state index < -0.39 is 53.9 Å². The highest BCUT2D eigenvalue weighted by atomic mass is 16.4. The molecular formula is C40H59N9O6. The van der Waals surface area contributed by atoms with E-state index in [1.165, 1.54) is 0 Å². The molecule has 0 radical (unpaired) electrons. The highest BCUT2D eigenvalue weighted by Crippen LogP contribution is 2.26. The maximum atomic E-state index is 14.1. The molecule has 0 aromatic heterocycles. The summed E-state index contributed by atoms with van der Waals surface area (Å²) in [6.07, 6.45) is 4.08. The first kappa shape index (κ1) is 42.7. The number of aliphatic imine (C=N–C) groups is 1. The van der Waals surface area contributed by atoms with E-state index in [1.807, 2.05) is 79.4 Å². The van der Waals surface area contributed by atoms with Gasteiger partial charge < -0.3 is 43.2 Å². The van der Waals surface area contributed by atoms with E-state index in [0.29, 0.717) is 38.8 Å². The molecule has 2 aromatic rings. The molecule has 2 aliphatic rings. The van der Waals surface area contributed by atoms with Gasteiger partial charge in [0.2, 0.25) is 23.6 Å². The Bertz CT molecular complexity index is 1600. The lowest BCUT2D eigenvalue weighted by atomic mass is 9.99. The molecule has 0 aliphatic carbocycles. The number of amides is 4. The van der Waals surface area contributed by atoms with Crippen LogP contribution < -0.4 is 33.2 Å². The molecule has 4 rings (SSSR count). The number of likely N-dealkylation sites (tertiary alicyclic amines) is 2. The topological polar surface area (TPSA) is 239 Å². The maximum absolute atomic E-state index is 14.1. The molecule has 0 spiro atoms. The molecule has 2 aromatic carbocycles. The first-order valence-corrected chi connectivity index (χ1v) is 19.4. The Balaban J connectivity index is 1.47. The first-order chi connectivity index (χ1) is 26.3. The van der Waals surface area contributed by atoms with E-state index in [0.717, 1.165) is 24.1 Å². The molecule has 0 bridgehead atoms. The number of guanidine groups is 1. The van der Waals surface area contributed by atoms with Crippen molar-refractivity contribution in [2.45, 2.75) is 108 Å². The summed E-state index contributed by atoms with van der Waals surface area (Å²) >= 11 is 0. The Labute approximate surface area is 323 Å². The third kappa shape index (κ3) is 13.4. The van der Waals surface area contributed by atoms with Crippen LogP contribution in [-0.2, 0) is 36.8 Å². The minimum atomic E-state index is -1.03. The number of nitrogens with zero attached hydrogens (tertiary/aromatic N) is 3. The summed E-state index contributed by atoms with van der Waals surface area (Å²) < 4.78 is 0. The minimum Gasteiger partial charge on any atom is -0.480 e. The van der Waals surface area contributed by atoms with Crippen molar-refractivity contribution in [3.8, 4) is 0 Å². The minimum absolute atomic E-state index is 0.00669. The van der Waals surface area contributed by atoms with Crippen molar-refractivity contribution >= 4 is 35.6 Å². The first-order valence-electron chi connectivity index (χ1n) is 19.4. The fourth-order valence-electron chi connectivity index (χ4n) is 7.44. The number of hydrogen-bond acceptors (Lipinski definition) is 8. The molecule has 10 N–H and O–H groups in total. The predicted octanol–water partition coefficient (Wildman–Crippen LogP) is 0.893. The Morgan fingerprint density at radius 3 is 1.93 bits per heavy atom. The lowest BCUT2D eigenvalue weighted by Gasteiger charge is -2.39. The number of carbonyl (C=O) groups excluding carboxylic acids is 4. The van der Waals surface area contributed by atoms with Crippen molar-refractivity contribution in [2.75, 3.05) is 26.2 Å². The lowest BCUT2D eigenvalue weighted by Crippen LogP contribution is -2.59. The van der Waals surface area contributed by atoms with Crippen molar-refractivity contribution in [1.29, 1.82) is 0 Å². The Kier molecular flexibility index (Phi) is 16.4. The molecular weight excluding hydrogens is 702 g/mol. The summed E-state index contributed by atoms with van der Waals surface area (Å²) in [7, 11) is 0. The van der Waals surface area contributed by atoms with Crippen molar-refractivity contribution in [1.82, 2.24) is 25.8 Å². The van der Waals surface area contributed by atoms with Crippen LogP contribution in [-0.4, -0.2) is 113 Å². The van der Waals surface area contributed by atoms with E-state index in [1.54, 1.807) is 4.90 Å². The number of aliphatic carboxylic acids is 1. The van der Waals surface area contributed by atoms with Gasteiger partial charge in [0.15, 0.2) is 5.96 Å². The van der Waals surface area contributed by atoms with Crippen LogP contribution in [0.3, 0.4) is 0 Å². The molecule has 5 atom stereocenters. The number of nitrogens with two attached hydrogens (primary N) is 3. The molecule has 4 amide bonds. The van der Waals surface area contributed by atoms with Gasteiger partial charge in [-0.1, -0.05) is 74.5 Å². The second-order valence-corrected chi connectivity index (χ2v) is 15.0. The predicted molar refractivity (Wildman–Crippen MR) is 210 cm³/mol. The van der Waals surface area contributed by atoms with Crippen molar-refractivity contribution in [2.24, 2.45) is 28.1 Å². The van der Waals surface area contributed by atoms with Crippen LogP contribution in [0.4, 0.5) is 0 Å². The molecule has 0 saturated carbocycles. The van der Waals surface area contributed by atoms with Gasteiger partial charge in [0, 0.05) is 32.1 Å². The van der Waals surface area contributed by atoms with E-state index in [-0.39, 0.29) is 56.1 Å². The number of carbonyl (C=O) groups is 5. The molecule has 300 valence electrons. The lowest BCUT2D eigenvalue weighted by molar-refractivity contribution is -0.144. The third-order valence-corrected chi connectivity index (χ3v) is 10.3. The van der Waals surface area contributed by atoms with Gasteiger partial charge in [0.25, 0.3) is 0 Å². The van der Waals surface area contributed by atoms with Gasteiger partial charge >= 0.3 is 5.97 Å². The Hall–Kier alpha value is -5.02. The molecule has 15 nitrogen and oxygen atoms in total. The summed E-state index contributed by atoms with van der Waals surface area (Å²) in [5, 5.41) is 18.3. The van der Waals surface area contributed by atoms with Gasteiger partial charge in [-0.2, -0.15) is 0 Å². The largest absolute Gasteiger partial charge is 0.480 e. The van der Waals surface area contributed by atoms with Gasteiger partial charge in [0.05, 0.1) is 6.04 Å². The van der Waals surface area contributed by atoms with Crippen LogP contribution in [0.25, 0.3) is 0 Å². The van der Waals surface area contributed by atoms with Crippen molar-refractivity contribution < 1.29 is 29.1 Å². The number of carboxylic acids is 1. The molecule has 55 heavy (non-hydrogen) atoms. The molecule has 2 saturated heterocycles. The number of rotatable bonds is 19. The van der Waals surface area contributed by atoms with Crippen LogP contribution in [0.15, 0.2) is 65.7 Å². The summed E-state index contributed by atoms with van der Waals surface area (Å²) in [4.78, 5) is 75.0. The number of nitrogens with one attached hydrogen (secondary N) is 3. The Morgan fingerprint density at radius 2 is 1.35 bits per heavy atom. The van der Waals surface area contributed by atoms with Crippen LogP contribution in [0.1, 0.15) is 69.9 Å². The molecule has 2 heterocycles. The van der Waals surface area contributed by atoms with Crippen molar-refractivity contribution in [3.05, 3.63) is 71.8 Å². The van der Waals surface area contributed by atoms with Gasteiger partial charge in [-0.3, -0.25) is 33.9 Å². The second kappa shape index (κ2) is 21.2. The SMILES string of the molecule is CC(C)C[C@@H](NC(=O)[C@@H](Cc1ccccc1)NC(=O)[C@H](N)Cc1ccccc1)C(=O)N[C@H](CCCN=C(N)N)C(=O)N1CCC(N2CCC[C@H]2C(=O)O)CC1. The van der Waals surface area contributed by atoms with E-state index >= 15 is 0 Å². The third-order valence-electron chi connectivity index (χ3n) is 10.3. The summed E-state index contributed by atoms with van der Waals surface area (Å²) in [5.41, 5.74) is 19.0. The summed E-state index contributed by atoms with van der Waals surface area (Å²) in [6, 6.07) is 14.3. The average Bonchev–Trinajstić information content (AvgIpc) is 3.66. The van der Waals surface area contributed by atoms with Gasteiger partial charge in [-0.25, -0.2) is 0 Å². The zero-order chi connectivity index (χ0) is 39.9. The van der Waals surface area contributed by atoms with E-state index in [2.05, 4.69) is 20.9 Å². The molecule has 0 unspecified atom stereocenters. The van der Waals surface area contributed by atoms with Crippen molar-refractivity contribution in [3.63, 3.8) is 0 Å². The average molecular weight is 762 g/mol. The van der Waals surface area contributed by atoms with Crippen LogP contribution in [0.2, 0.25) is 0 Å². The summed E-state index contributed by atoms with van der Waals surface area (Å²) in [5.74, 6) is -2.73. The number of piperidine rings is 1. The smallest absolute Gasteiger partial charge is 0.320 e. The highest BCUT2D eigenvalue weighted by Gasteiger charge is 2.39. The number of benzene rings is 2. The van der Waals surface area contributed by atoms with E-state index in [4.69, 9.17) is 17.2 Å². The standard InChI is InChI=1S/C40H59N9O6/c1-26(2)23-32(47-37(52)33(25-28-13-7-4-8-14-28)46-35(50)30(41)24-27-11-5-3-6-12-27)36(51)45-31(15-9-19-44-40(42)43)38(53)48-21-17-29(18-22-48)49-20-10-16-34(49)39(54)55/h3-8,11-14,26,29-34H,9-10,15-25,41H2,1-2H3,(H,45,51)(H,46,50)(H,47,52)(H,54,55)(H4,42,43,44)/t30-,31-,32-,33-,34+/m1/s1. The maximum Gasteiger partial charge on any atom is 0.320 e. The van der Waals surface area contributed by atoms with Crippen LogP contribution in [0, 0.1) is 5.92 Å². The van der Waals surface area contributed by atoms with Crippen LogP contribution in [0.5, 0.6) is 0 Å². The second-order valence-electron chi connectivity index (χ2n) is 15.0. The molecule has 2 aliphatic heterocycles. The fraction of sp³-hybridized carbons (Fsp3) is 0.550. The van der Waals surface area contributed by atoms with Gasteiger partial charge in [0.1, 0.15) is 24.2 Å². The molecule has 2 fully saturated rings. The highest BCUT2D eigenvalue weighted by molar-refractivity contribution is 5.95. The number of hydrogen-bond donors (Lipinski definition) is 7. The van der Waals surface area contributed by atoms with Crippen LogP contribution >= 0.6 is 0 Å². The Morgan fingerprint density at radius 1 is 0.782 bits per heavy atom. The zero-order valence-electron chi connectivity index (χ0n) is 32.1.